The van der Waals surface area contributed by atoms with Crippen molar-refractivity contribution in [3.05, 3.63) is 146 Å². The Kier molecular flexibility index (Phi) is 25.6. The molecule has 20 nitrogen and oxygen atoms in total. The number of thiazole rings is 1. The Morgan fingerprint density at radius 2 is 1.42 bits per heavy atom. The molecule has 0 spiro atoms. The van der Waals surface area contributed by atoms with Crippen molar-refractivity contribution < 1.29 is 42.9 Å². The number of rotatable bonds is 35. The first-order valence-corrected chi connectivity index (χ1v) is 30.8. The standard InChI is InChI=1S/C61H77BrClN11O9S/c1-70(26-3-4-33-82-54-20-7-45(8-21-54)9-24-56(75)74(53-18-19-53)58(47-10-12-48(62)13-11-47)59(77)64-42-46-5-14-49(63)15-6-46)31-35-80-38-37-79-34-25-51-43-73(69-68-51)32-36-81-39-40-83-55-22-16-50(17-23-55)65-60(78)67-61-66-52(44-84-61)41-57(76)72-29-27-71(2)28-30-72/h5-8,10-17,20-23,43-44,53,58H,3-4,9,18-19,24-42H2,1-2H3,(H,64,77)(H2,65,66,67,78). The zero-order valence-corrected chi connectivity index (χ0v) is 51.1. The fourth-order valence-corrected chi connectivity index (χ4v) is 10.3. The highest BCUT2D eigenvalue weighted by Crippen LogP contribution is 2.36. The minimum absolute atomic E-state index is 0.0304. The Balaban J connectivity index is 0.600. The predicted molar refractivity (Wildman–Crippen MR) is 328 cm³/mol. The van der Waals surface area contributed by atoms with Crippen LogP contribution < -0.4 is 25.4 Å². The average molecular weight is 1260 g/mol. The van der Waals surface area contributed by atoms with Crippen LogP contribution in [-0.4, -0.2) is 176 Å². The van der Waals surface area contributed by atoms with E-state index >= 15 is 0 Å². The van der Waals surface area contributed by atoms with Gasteiger partial charge in [-0.25, -0.2) is 14.5 Å². The average Bonchev–Trinajstić information content (AvgIpc) is 3.80. The molecule has 5 amide bonds. The molecule has 1 unspecified atom stereocenters. The summed E-state index contributed by atoms with van der Waals surface area (Å²) >= 11 is 10.9. The number of nitrogens with one attached hydrogen (secondary N) is 3. The van der Waals surface area contributed by atoms with E-state index in [1.54, 1.807) is 51.4 Å². The van der Waals surface area contributed by atoms with Gasteiger partial charge in [0.05, 0.1) is 70.6 Å². The topological polar surface area (TPSA) is 207 Å². The molecule has 8 rings (SSSR count). The summed E-state index contributed by atoms with van der Waals surface area (Å²) in [6.07, 6.45) is 7.27. The second-order valence-corrected chi connectivity index (χ2v) is 23.1. The summed E-state index contributed by atoms with van der Waals surface area (Å²) in [5.41, 5.74) is 4.82. The molecule has 2 aromatic heterocycles. The lowest BCUT2D eigenvalue weighted by molar-refractivity contribution is -0.141. The molecule has 1 atom stereocenters. The van der Waals surface area contributed by atoms with E-state index in [-0.39, 0.29) is 30.2 Å². The molecular weight excluding hydrogens is 1180 g/mol. The molecule has 450 valence electrons. The van der Waals surface area contributed by atoms with Crippen LogP contribution >= 0.6 is 38.9 Å². The van der Waals surface area contributed by atoms with Gasteiger partial charge in [-0.05, 0) is 130 Å². The highest BCUT2D eigenvalue weighted by atomic mass is 79.9. The molecule has 0 bridgehead atoms. The number of aryl methyl sites for hydroxylation is 1. The molecule has 1 aliphatic heterocycles. The van der Waals surface area contributed by atoms with E-state index in [4.69, 9.17) is 35.3 Å². The monoisotopic (exact) mass is 1250 g/mol. The molecule has 1 saturated carbocycles. The number of aromatic nitrogens is 4. The summed E-state index contributed by atoms with van der Waals surface area (Å²) in [5.74, 6) is 1.25. The highest BCUT2D eigenvalue weighted by Gasteiger charge is 2.41. The zero-order valence-electron chi connectivity index (χ0n) is 47.9. The molecule has 1 saturated heterocycles. The number of ether oxygens (including phenoxy) is 5. The Labute approximate surface area is 509 Å². The number of unbranched alkanes of at least 4 members (excludes halogenated alkanes) is 1. The van der Waals surface area contributed by atoms with Gasteiger partial charge >= 0.3 is 6.03 Å². The molecule has 2 fully saturated rings. The summed E-state index contributed by atoms with van der Waals surface area (Å²) in [5, 5.41) is 19.9. The van der Waals surface area contributed by atoms with Gasteiger partial charge in [-0.1, -0.05) is 69.1 Å². The number of urea groups is 1. The van der Waals surface area contributed by atoms with E-state index in [1.807, 2.05) is 78.8 Å². The van der Waals surface area contributed by atoms with Crippen LogP contribution in [0.4, 0.5) is 15.6 Å². The smallest absolute Gasteiger partial charge is 0.325 e. The molecule has 3 N–H and O–H groups in total. The number of amides is 5. The quantitative estimate of drug-likeness (QED) is 0.0319. The summed E-state index contributed by atoms with van der Waals surface area (Å²) in [4.78, 5) is 65.6. The van der Waals surface area contributed by atoms with Crippen LogP contribution in [0.3, 0.4) is 0 Å². The third-order valence-corrected chi connectivity index (χ3v) is 15.8. The summed E-state index contributed by atoms with van der Waals surface area (Å²) in [6, 6.07) is 28.9. The Morgan fingerprint density at radius 3 is 2.15 bits per heavy atom. The highest BCUT2D eigenvalue weighted by molar-refractivity contribution is 9.10. The molecule has 0 radical (unpaired) electrons. The van der Waals surface area contributed by atoms with Gasteiger partial charge < -0.3 is 53.9 Å². The molecule has 4 aromatic carbocycles. The molecule has 3 heterocycles. The SMILES string of the molecule is CN(CCCCOc1ccc(CCC(=O)N(C2CC2)C(C(=O)NCc2ccc(Cl)cc2)c2ccc(Br)cc2)cc1)CCOCCOCCc1cn(CCOCCOc2ccc(NC(=O)Nc3nc(CC(=O)N4CCN(C)CC4)cs3)cc2)nn1. The van der Waals surface area contributed by atoms with Crippen molar-refractivity contribution in [3.63, 3.8) is 0 Å². The van der Waals surface area contributed by atoms with Gasteiger partial charge in [-0.15, -0.1) is 16.4 Å². The van der Waals surface area contributed by atoms with Crippen LogP contribution in [0.15, 0.2) is 113 Å². The number of nitrogens with zero attached hydrogens (tertiary/aromatic N) is 8. The third kappa shape index (κ3) is 21.8. The lowest BCUT2D eigenvalue weighted by atomic mass is 10.0. The second kappa shape index (κ2) is 33.9. The predicted octanol–water partition coefficient (Wildman–Crippen LogP) is 8.55. The van der Waals surface area contributed by atoms with Crippen molar-refractivity contribution in [2.75, 3.05) is 117 Å². The van der Waals surface area contributed by atoms with Gasteiger partial charge in [0, 0.05) is 84.9 Å². The van der Waals surface area contributed by atoms with Crippen LogP contribution in [-0.2, 0) is 60.9 Å². The van der Waals surface area contributed by atoms with Gasteiger partial charge in [0.15, 0.2) is 5.13 Å². The van der Waals surface area contributed by atoms with E-state index in [9.17, 15) is 19.2 Å². The largest absolute Gasteiger partial charge is 0.494 e. The fourth-order valence-electron chi connectivity index (χ4n) is 9.22. The first-order chi connectivity index (χ1) is 40.9. The van der Waals surface area contributed by atoms with Crippen molar-refractivity contribution in [2.24, 2.45) is 0 Å². The van der Waals surface area contributed by atoms with Gasteiger partial charge in [-0.3, -0.25) is 19.7 Å². The Morgan fingerprint density at radius 1 is 0.738 bits per heavy atom. The first kappa shape index (κ1) is 63.5. The van der Waals surface area contributed by atoms with E-state index in [0.29, 0.717) is 126 Å². The number of piperazine rings is 1. The number of hydrogen-bond acceptors (Lipinski definition) is 15. The molecule has 6 aromatic rings. The van der Waals surface area contributed by atoms with Crippen molar-refractivity contribution in [1.82, 2.24) is 44.9 Å². The maximum Gasteiger partial charge on any atom is 0.325 e. The molecule has 84 heavy (non-hydrogen) atoms. The van der Waals surface area contributed by atoms with Crippen molar-refractivity contribution in [3.8, 4) is 11.5 Å². The number of carbonyl (C=O) groups excluding carboxylic acids is 4. The Hall–Kier alpha value is -6.50. The zero-order chi connectivity index (χ0) is 58.9. The maximum absolute atomic E-state index is 14.0. The normalized spacial score (nSPS) is 13.8. The summed E-state index contributed by atoms with van der Waals surface area (Å²) in [7, 11) is 4.14. The van der Waals surface area contributed by atoms with Gasteiger partial charge in [0.2, 0.25) is 17.7 Å². The first-order valence-electron chi connectivity index (χ1n) is 28.7. The van der Waals surface area contributed by atoms with Crippen LogP contribution in [0.2, 0.25) is 5.02 Å². The molecule has 1 aliphatic carbocycles. The van der Waals surface area contributed by atoms with Gasteiger partial charge in [0.1, 0.15) is 24.1 Å². The number of carbonyl (C=O) groups is 4. The van der Waals surface area contributed by atoms with E-state index < -0.39 is 12.1 Å². The van der Waals surface area contributed by atoms with Crippen molar-refractivity contribution in [2.45, 2.75) is 76.5 Å². The van der Waals surface area contributed by atoms with E-state index in [2.05, 4.69) is 64.0 Å². The molecule has 23 heteroatoms. The van der Waals surface area contributed by atoms with Crippen LogP contribution in [0.25, 0.3) is 0 Å². The number of anilines is 2. The van der Waals surface area contributed by atoms with Crippen molar-refractivity contribution in [1.29, 1.82) is 0 Å². The number of benzene rings is 4. The van der Waals surface area contributed by atoms with Gasteiger partial charge in [-0.2, -0.15) is 0 Å². The Bertz CT molecular complexity index is 2960. The summed E-state index contributed by atoms with van der Waals surface area (Å²) < 4.78 is 31.9. The van der Waals surface area contributed by atoms with E-state index in [0.717, 1.165) is 84.5 Å². The van der Waals surface area contributed by atoms with Crippen molar-refractivity contribution >= 4 is 73.4 Å². The lowest BCUT2D eigenvalue weighted by Gasteiger charge is -2.32. The number of hydrogen-bond donors (Lipinski definition) is 3. The minimum Gasteiger partial charge on any atom is -0.494 e. The van der Waals surface area contributed by atoms with Crippen LogP contribution in [0.5, 0.6) is 11.5 Å². The fraction of sp³-hybridized carbons (Fsp3) is 0.459. The number of likely N-dealkylation sites (N-methyl/N-ethyl adjacent to an activating group) is 2. The van der Waals surface area contributed by atoms with Crippen LogP contribution in [0.1, 0.15) is 66.2 Å². The minimum atomic E-state index is -0.735. The lowest BCUT2D eigenvalue weighted by Crippen LogP contribution is -2.47. The maximum atomic E-state index is 14.0. The van der Waals surface area contributed by atoms with E-state index in [1.165, 1.54) is 11.3 Å². The third-order valence-electron chi connectivity index (χ3n) is 14.2. The van der Waals surface area contributed by atoms with Gasteiger partial charge in [0.25, 0.3) is 0 Å². The summed E-state index contributed by atoms with van der Waals surface area (Å²) in [6.45, 7) is 9.77. The number of halogens is 2. The second-order valence-electron chi connectivity index (χ2n) is 20.9. The molecular formula is C61H77BrClN11O9S. The molecule has 2 aliphatic rings. The van der Waals surface area contributed by atoms with Crippen LogP contribution in [0, 0.1) is 0 Å².